The van der Waals surface area contributed by atoms with Gasteiger partial charge in [0.15, 0.2) is 15.8 Å². The number of rotatable bonds is 3. The summed E-state index contributed by atoms with van der Waals surface area (Å²) < 4.78 is 23.2. The van der Waals surface area contributed by atoms with E-state index in [1.54, 1.807) is 7.05 Å². The Hall–Kier alpha value is -0.0500. The number of aliphatic imine (C=N–C) groups is 1. The molecule has 1 saturated carbocycles. The topological polar surface area (TPSA) is 70.6 Å². The second kappa shape index (κ2) is 6.21. The fourth-order valence-electron chi connectivity index (χ4n) is 1.91. The molecule has 2 aliphatic rings. The van der Waals surface area contributed by atoms with Gasteiger partial charge in [-0.05, 0) is 25.7 Å². The summed E-state index contributed by atoms with van der Waals surface area (Å²) >= 11 is 0. The van der Waals surface area contributed by atoms with E-state index in [9.17, 15) is 8.42 Å². The lowest BCUT2D eigenvalue weighted by atomic mass is 10.2. The maximum absolute atomic E-state index is 11.6. The molecule has 0 aromatic carbocycles. The fourth-order valence-corrected chi connectivity index (χ4v) is 3.68. The average molecular weight is 373 g/mol. The summed E-state index contributed by atoms with van der Waals surface area (Å²) in [4.78, 5) is 4.08. The van der Waals surface area contributed by atoms with E-state index in [0.29, 0.717) is 18.3 Å². The molecule has 1 heterocycles. The highest BCUT2D eigenvalue weighted by atomic mass is 127. The first kappa shape index (κ1) is 15.0. The largest absolute Gasteiger partial charge is 0.355 e. The number of guanidine groups is 1. The third-order valence-corrected chi connectivity index (χ3v) is 5.38. The standard InChI is InChI=1S/C10H19N3O2S.HI/c1-11-10(13-8-4-5-8)12-7-9-3-2-6-16(9,14)15;/h8-9H,2-7H2,1H3,(H2,11,12,13);1H. The predicted octanol–water partition coefficient (Wildman–Crippen LogP) is 0.509. The summed E-state index contributed by atoms with van der Waals surface area (Å²) in [6.45, 7) is 0.481. The van der Waals surface area contributed by atoms with Gasteiger partial charge >= 0.3 is 0 Å². The van der Waals surface area contributed by atoms with Crippen LogP contribution in [0.4, 0.5) is 0 Å². The summed E-state index contributed by atoms with van der Waals surface area (Å²) in [6.07, 6.45) is 3.93. The lowest BCUT2D eigenvalue weighted by Crippen LogP contribution is -2.43. The molecule has 1 atom stereocenters. The molecule has 0 aromatic rings. The Balaban J connectivity index is 0.00000144. The maximum Gasteiger partial charge on any atom is 0.191 e. The van der Waals surface area contributed by atoms with E-state index >= 15 is 0 Å². The third kappa shape index (κ3) is 4.27. The van der Waals surface area contributed by atoms with Gasteiger partial charge in [0.05, 0.1) is 11.0 Å². The van der Waals surface area contributed by atoms with Gasteiger partial charge < -0.3 is 10.6 Å². The van der Waals surface area contributed by atoms with Gasteiger partial charge in [-0.1, -0.05) is 0 Å². The zero-order valence-corrected chi connectivity index (χ0v) is 13.1. The predicted molar refractivity (Wildman–Crippen MR) is 79.7 cm³/mol. The van der Waals surface area contributed by atoms with E-state index in [0.717, 1.165) is 18.8 Å². The second-order valence-electron chi connectivity index (χ2n) is 4.50. The zero-order chi connectivity index (χ0) is 11.6. The Morgan fingerprint density at radius 1 is 1.35 bits per heavy atom. The minimum absolute atomic E-state index is 0. The molecule has 0 spiro atoms. The first-order valence-corrected chi connectivity index (χ1v) is 7.52. The number of hydrogen-bond acceptors (Lipinski definition) is 3. The minimum atomic E-state index is -2.85. The first-order chi connectivity index (χ1) is 7.62. The molecular formula is C10H20IN3O2S. The molecule has 17 heavy (non-hydrogen) atoms. The van der Waals surface area contributed by atoms with E-state index in [1.807, 2.05) is 0 Å². The SMILES string of the molecule is CN=C(NCC1CCCS1(=O)=O)NC1CC1.I. The Morgan fingerprint density at radius 3 is 2.53 bits per heavy atom. The van der Waals surface area contributed by atoms with Crippen molar-refractivity contribution in [3.05, 3.63) is 0 Å². The van der Waals surface area contributed by atoms with Crippen molar-refractivity contribution >= 4 is 39.8 Å². The monoisotopic (exact) mass is 373 g/mol. The molecule has 2 N–H and O–H groups in total. The van der Waals surface area contributed by atoms with Crippen molar-refractivity contribution < 1.29 is 8.42 Å². The Bertz CT molecular complexity index is 379. The van der Waals surface area contributed by atoms with Crippen LogP contribution in [0.15, 0.2) is 4.99 Å². The van der Waals surface area contributed by atoms with Crippen LogP contribution >= 0.6 is 24.0 Å². The second-order valence-corrected chi connectivity index (χ2v) is 6.90. The van der Waals surface area contributed by atoms with Crippen LogP contribution in [0.3, 0.4) is 0 Å². The van der Waals surface area contributed by atoms with Crippen molar-refractivity contribution in [3.63, 3.8) is 0 Å². The molecule has 2 fully saturated rings. The van der Waals surface area contributed by atoms with Gasteiger partial charge in [0.2, 0.25) is 0 Å². The smallest absolute Gasteiger partial charge is 0.191 e. The van der Waals surface area contributed by atoms with E-state index in [-0.39, 0.29) is 29.2 Å². The van der Waals surface area contributed by atoms with Crippen LogP contribution in [0.2, 0.25) is 0 Å². The number of nitrogens with zero attached hydrogens (tertiary/aromatic N) is 1. The van der Waals surface area contributed by atoms with E-state index in [4.69, 9.17) is 0 Å². The molecule has 1 aliphatic heterocycles. The molecule has 2 rings (SSSR count). The van der Waals surface area contributed by atoms with Gasteiger partial charge in [0.1, 0.15) is 0 Å². The molecule has 0 radical (unpaired) electrons. The van der Waals surface area contributed by atoms with Gasteiger partial charge in [0, 0.05) is 19.6 Å². The Labute approximate surface area is 120 Å². The molecule has 1 unspecified atom stereocenters. The van der Waals surface area contributed by atoms with Crippen LogP contribution in [-0.4, -0.2) is 45.0 Å². The van der Waals surface area contributed by atoms with Crippen LogP contribution in [0.1, 0.15) is 25.7 Å². The summed E-state index contributed by atoms with van der Waals surface area (Å²) in [5.74, 6) is 1.07. The van der Waals surface area contributed by atoms with Crippen molar-refractivity contribution in [3.8, 4) is 0 Å². The average Bonchev–Trinajstić information content (AvgIpc) is 2.98. The van der Waals surface area contributed by atoms with Crippen molar-refractivity contribution in [1.82, 2.24) is 10.6 Å². The summed E-state index contributed by atoms with van der Waals surface area (Å²) in [5.41, 5.74) is 0. The number of hydrogen-bond donors (Lipinski definition) is 2. The van der Waals surface area contributed by atoms with Gasteiger partial charge in [-0.2, -0.15) is 0 Å². The van der Waals surface area contributed by atoms with Gasteiger partial charge in [-0.25, -0.2) is 8.42 Å². The molecular weight excluding hydrogens is 353 g/mol. The molecule has 0 bridgehead atoms. The van der Waals surface area contributed by atoms with Crippen molar-refractivity contribution in [1.29, 1.82) is 0 Å². The molecule has 1 saturated heterocycles. The summed E-state index contributed by atoms with van der Waals surface area (Å²) in [6, 6.07) is 0.534. The highest BCUT2D eigenvalue weighted by molar-refractivity contribution is 14.0. The molecule has 100 valence electrons. The number of nitrogens with one attached hydrogen (secondary N) is 2. The Morgan fingerprint density at radius 2 is 2.06 bits per heavy atom. The Kier molecular flexibility index (Phi) is 5.49. The van der Waals surface area contributed by atoms with Crippen molar-refractivity contribution in [2.45, 2.75) is 37.0 Å². The highest BCUT2D eigenvalue weighted by Gasteiger charge is 2.31. The third-order valence-electron chi connectivity index (χ3n) is 3.10. The molecule has 1 aliphatic carbocycles. The quantitative estimate of drug-likeness (QED) is 0.430. The molecule has 5 nitrogen and oxygen atoms in total. The minimum Gasteiger partial charge on any atom is -0.355 e. The van der Waals surface area contributed by atoms with Crippen LogP contribution in [-0.2, 0) is 9.84 Å². The zero-order valence-electron chi connectivity index (χ0n) is 9.98. The molecule has 0 aromatic heterocycles. The van der Waals surface area contributed by atoms with Crippen molar-refractivity contribution in [2.75, 3.05) is 19.3 Å². The maximum atomic E-state index is 11.6. The lowest BCUT2D eigenvalue weighted by molar-refractivity contribution is 0.586. The van der Waals surface area contributed by atoms with E-state index < -0.39 is 9.84 Å². The van der Waals surface area contributed by atoms with Gasteiger partial charge in [0.25, 0.3) is 0 Å². The van der Waals surface area contributed by atoms with E-state index in [1.165, 1.54) is 12.8 Å². The first-order valence-electron chi connectivity index (χ1n) is 5.80. The summed E-state index contributed by atoms with van der Waals surface area (Å²) in [5, 5.41) is 6.10. The number of sulfone groups is 1. The normalized spacial score (nSPS) is 27.4. The van der Waals surface area contributed by atoms with Crippen LogP contribution in [0.25, 0.3) is 0 Å². The van der Waals surface area contributed by atoms with Gasteiger partial charge in [-0.15, -0.1) is 24.0 Å². The molecule has 7 heteroatoms. The lowest BCUT2D eigenvalue weighted by Gasteiger charge is -2.14. The van der Waals surface area contributed by atoms with Gasteiger partial charge in [-0.3, -0.25) is 4.99 Å². The van der Waals surface area contributed by atoms with Crippen LogP contribution < -0.4 is 10.6 Å². The van der Waals surface area contributed by atoms with E-state index in [2.05, 4.69) is 15.6 Å². The van der Waals surface area contributed by atoms with Crippen LogP contribution in [0.5, 0.6) is 0 Å². The fraction of sp³-hybridized carbons (Fsp3) is 0.900. The summed E-state index contributed by atoms with van der Waals surface area (Å²) in [7, 11) is -1.14. The highest BCUT2D eigenvalue weighted by Crippen LogP contribution is 2.20. The van der Waals surface area contributed by atoms with Crippen LogP contribution in [0, 0.1) is 0 Å². The number of halogens is 1. The van der Waals surface area contributed by atoms with Crippen molar-refractivity contribution in [2.24, 2.45) is 4.99 Å². The molecule has 0 amide bonds.